The maximum absolute atomic E-state index is 10.6. The zero-order valence-corrected chi connectivity index (χ0v) is 12.0. The predicted molar refractivity (Wildman–Crippen MR) is 73.0 cm³/mol. The molecule has 1 fully saturated rings. The van der Waals surface area contributed by atoms with Crippen LogP contribution >= 0.6 is 0 Å². The number of rotatable bonds is 3. The van der Waals surface area contributed by atoms with E-state index in [4.69, 9.17) is 0 Å². The van der Waals surface area contributed by atoms with Gasteiger partial charge in [0.25, 0.3) is 0 Å². The molecule has 1 saturated carbocycles. The van der Waals surface area contributed by atoms with Gasteiger partial charge < -0.3 is 9.67 Å². The van der Waals surface area contributed by atoms with Crippen molar-refractivity contribution in [3.8, 4) is 6.07 Å². The van der Waals surface area contributed by atoms with Gasteiger partial charge in [-0.25, -0.2) is 4.98 Å². The van der Waals surface area contributed by atoms with Crippen LogP contribution in [-0.4, -0.2) is 14.7 Å². The monoisotopic (exact) mass is 261 g/mol. The molecule has 0 saturated heterocycles. The van der Waals surface area contributed by atoms with E-state index < -0.39 is 11.5 Å². The first-order chi connectivity index (χ1) is 9.00. The number of nitriles is 1. The molecule has 2 rings (SSSR count). The Bertz CT molecular complexity index is 464. The molecular weight excluding hydrogens is 238 g/mol. The quantitative estimate of drug-likeness (QED) is 0.910. The van der Waals surface area contributed by atoms with Gasteiger partial charge >= 0.3 is 0 Å². The summed E-state index contributed by atoms with van der Waals surface area (Å²) >= 11 is 0. The average molecular weight is 261 g/mol. The first-order valence-electron chi connectivity index (χ1n) is 7.05. The normalized spacial score (nSPS) is 29.2. The minimum absolute atomic E-state index is 0.640. The van der Waals surface area contributed by atoms with E-state index in [9.17, 15) is 10.4 Å². The summed E-state index contributed by atoms with van der Waals surface area (Å²) in [5.41, 5.74) is 0.101. The third-order valence-corrected chi connectivity index (χ3v) is 4.75. The van der Waals surface area contributed by atoms with E-state index in [1.54, 1.807) is 17.1 Å². The zero-order chi connectivity index (χ0) is 14.0. The lowest BCUT2D eigenvalue weighted by Gasteiger charge is -2.39. The topological polar surface area (TPSA) is 61.8 Å². The van der Waals surface area contributed by atoms with Crippen LogP contribution in [0.4, 0.5) is 0 Å². The summed E-state index contributed by atoms with van der Waals surface area (Å²) in [7, 11) is 1.86. The van der Waals surface area contributed by atoms with Crippen LogP contribution in [0.15, 0.2) is 12.5 Å². The number of imidazole rings is 1. The number of nitrogens with zero attached hydrogens (tertiary/aromatic N) is 3. The van der Waals surface area contributed by atoms with Gasteiger partial charge in [0.05, 0.1) is 29.7 Å². The van der Waals surface area contributed by atoms with Crippen molar-refractivity contribution in [2.24, 2.45) is 24.3 Å². The van der Waals surface area contributed by atoms with Crippen LogP contribution < -0.4 is 0 Å². The van der Waals surface area contributed by atoms with Crippen molar-refractivity contribution < 1.29 is 5.11 Å². The molecule has 0 bridgehead atoms. The molecule has 19 heavy (non-hydrogen) atoms. The van der Waals surface area contributed by atoms with E-state index in [1.807, 2.05) is 7.05 Å². The van der Waals surface area contributed by atoms with Crippen molar-refractivity contribution in [2.75, 3.05) is 0 Å². The van der Waals surface area contributed by atoms with Gasteiger partial charge in [-0.05, 0) is 37.5 Å². The lowest BCUT2D eigenvalue weighted by atomic mass is 9.65. The van der Waals surface area contributed by atoms with E-state index >= 15 is 0 Å². The number of aliphatic hydroxyl groups is 1. The average Bonchev–Trinajstić information content (AvgIpc) is 2.84. The van der Waals surface area contributed by atoms with Crippen molar-refractivity contribution >= 4 is 0 Å². The van der Waals surface area contributed by atoms with Crippen molar-refractivity contribution in [1.82, 2.24) is 9.55 Å². The molecule has 1 aliphatic rings. The first kappa shape index (κ1) is 14.1. The van der Waals surface area contributed by atoms with E-state index in [-0.39, 0.29) is 0 Å². The van der Waals surface area contributed by atoms with Gasteiger partial charge in [-0.2, -0.15) is 5.26 Å². The number of hydrogen-bond acceptors (Lipinski definition) is 3. The highest BCUT2D eigenvalue weighted by Crippen LogP contribution is 2.48. The van der Waals surface area contributed by atoms with Gasteiger partial charge in [0.2, 0.25) is 0 Å². The molecule has 1 atom stereocenters. The van der Waals surface area contributed by atoms with Crippen molar-refractivity contribution in [1.29, 1.82) is 5.26 Å². The molecule has 1 heterocycles. The molecule has 0 amide bonds. The highest BCUT2D eigenvalue weighted by atomic mass is 16.3. The number of hydrogen-bond donors (Lipinski definition) is 1. The number of aryl methyl sites for hydroxylation is 1. The van der Waals surface area contributed by atoms with Gasteiger partial charge in [0, 0.05) is 7.05 Å². The summed E-state index contributed by atoms with van der Waals surface area (Å²) in [6.07, 6.45) is 6.21. The minimum Gasteiger partial charge on any atom is -0.385 e. The number of aromatic nitrogens is 2. The molecule has 4 nitrogen and oxygen atoms in total. The van der Waals surface area contributed by atoms with E-state index in [0.29, 0.717) is 11.8 Å². The maximum Gasteiger partial charge on any atom is 0.114 e. The number of aliphatic hydroxyl groups excluding tert-OH is 1. The molecule has 0 radical (unpaired) electrons. The second-order valence-corrected chi connectivity index (χ2v) is 6.18. The maximum atomic E-state index is 10.6. The molecular formula is C15H23N3O. The van der Waals surface area contributed by atoms with Gasteiger partial charge in [-0.3, -0.25) is 0 Å². The largest absolute Gasteiger partial charge is 0.385 e. The van der Waals surface area contributed by atoms with Crippen LogP contribution in [0.3, 0.4) is 0 Å². The van der Waals surface area contributed by atoms with Gasteiger partial charge in [-0.15, -0.1) is 0 Å². The molecule has 0 aromatic carbocycles. The predicted octanol–water partition coefficient (Wildman–Crippen LogP) is 2.81. The molecule has 1 unspecified atom stereocenters. The Balaban J connectivity index is 2.17. The van der Waals surface area contributed by atoms with Gasteiger partial charge in [0.1, 0.15) is 6.10 Å². The standard InChI is InChI=1S/C15H23N3O/c1-11(2)12-4-6-15(9-16,7-5-12)14(19)13-8-17-10-18(13)3/h8,10-12,14,19H,4-7H2,1-3H3. The molecule has 1 N–H and O–H groups in total. The molecule has 1 aromatic rings. The SMILES string of the molecule is CC(C)C1CCC(C#N)(C(O)c2cncn2C)CC1. The Hall–Kier alpha value is -1.34. The third kappa shape index (κ3) is 2.52. The highest BCUT2D eigenvalue weighted by molar-refractivity contribution is 5.15. The van der Waals surface area contributed by atoms with Crippen LogP contribution in [0.25, 0.3) is 0 Å². The Morgan fingerprint density at radius 1 is 1.47 bits per heavy atom. The van der Waals surface area contributed by atoms with Crippen molar-refractivity contribution in [3.05, 3.63) is 18.2 Å². The molecule has 104 valence electrons. The summed E-state index contributed by atoms with van der Waals surface area (Å²) in [4.78, 5) is 4.04. The molecule has 1 aliphatic carbocycles. The molecule has 0 aliphatic heterocycles. The lowest BCUT2D eigenvalue weighted by molar-refractivity contribution is 0.0145. The molecule has 1 aromatic heterocycles. The van der Waals surface area contributed by atoms with E-state index in [0.717, 1.165) is 31.4 Å². The summed E-state index contributed by atoms with van der Waals surface area (Å²) < 4.78 is 1.80. The summed E-state index contributed by atoms with van der Waals surface area (Å²) in [5, 5.41) is 20.2. The first-order valence-corrected chi connectivity index (χ1v) is 7.05. The zero-order valence-electron chi connectivity index (χ0n) is 12.0. The highest BCUT2D eigenvalue weighted by Gasteiger charge is 2.43. The fraction of sp³-hybridized carbons (Fsp3) is 0.733. The van der Waals surface area contributed by atoms with Crippen LogP contribution in [-0.2, 0) is 7.05 Å². The van der Waals surface area contributed by atoms with Gasteiger partial charge in [-0.1, -0.05) is 13.8 Å². The fourth-order valence-electron chi connectivity index (χ4n) is 3.18. The van der Waals surface area contributed by atoms with Crippen LogP contribution in [0.5, 0.6) is 0 Å². The summed E-state index contributed by atoms with van der Waals surface area (Å²) in [6.45, 7) is 4.48. The second-order valence-electron chi connectivity index (χ2n) is 6.18. The smallest absolute Gasteiger partial charge is 0.114 e. The lowest BCUT2D eigenvalue weighted by Crippen LogP contribution is -2.34. The Morgan fingerprint density at radius 3 is 2.53 bits per heavy atom. The molecule has 0 spiro atoms. The Labute approximate surface area is 115 Å². The van der Waals surface area contributed by atoms with Crippen LogP contribution in [0.1, 0.15) is 51.3 Å². The summed E-state index contributed by atoms with van der Waals surface area (Å²) in [6, 6.07) is 2.40. The Morgan fingerprint density at radius 2 is 2.11 bits per heavy atom. The Kier molecular flexibility index (Phi) is 3.96. The van der Waals surface area contributed by atoms with Crippen molar-refractivity contribution in [2.45, 2.75) is 45.6 Å². The van der Waals surface area contributed by atoms with Crippen LogP contribution in [0, 0.1) is 28.6 Å². The van der Waals surface area contributed by atoms with Crippen molar-refractivity contribution in [3.63, 3.8) is 0 Å². The summed E-state index contributed by atoms with van der Waals surface area (Å²) in [5.74, 6) is 1.34. The van der Waals surface area contributed by atoms with Crippen LogP contribution in [0.2, 0.25) is 0 Å². The third-order valence-electron chi connectivity index (χ3n) is 4.75. The van der Waals surface area contributed by atoms with Gasteiger partial charge in [0.15, 0.2) is 0 Å². The minimum atomic E-state index is -0.738. The van der Waals surface area contributed by atoms with E-state index in [1.165, 1.54) is 0 Å². The van der Waals surface area contributed by atoms with E-state index in [2.05, 4.69) is 24.9 Å². The second kappa shape index (κ2) is 5.34. The molecule has 4 heteroatoms. The fourth-order valence-corrected chi connectivity index (χ4v) is 3.18.